The molecule has 2 nitrogen and oxygen atoms in total. The van der Waals surface area contributed by atoms with E-state index in [4.69, 9.17) is 10.8 Å². The van der Waals surface area contributed by atoms with Gasteiger partial charge in [-0.05, 0) is 0 Å². The first kappa shape index (κ1) is 29.6. The molecule has 1 radical (unpaired) electrons. The van der Waals surface area contributed by atoms with Crippen molar-refractivity contribution in [2.75, 3.05) is 14.2 Å². The summed E-state index contributed by atoms with van der Waals surface area (Å²) in [6.45, 7) is 8.36. The van der Waals surface area contributed by atoms with Crippen molar-refractivity contribution in [2.45, 2.75) is 40.5 Å². The average Bonchev–Trinajstić information content (AvgIpc) is 2.14. The average molecular weight is 239 g/mol. The second-order valence-electron chi connectivity index (χ2n) is 1.000. The van der Waals surface area contributed by atoms with Crippen LogP contribution in [0.2, 0.25) is 0 Å². The van der Waals surface area contributed by atoms with Crippen LogP contribution in [-0.2, 0) is 32.7 Å². The molecular formula is C8H24NOY-. The van der Waals surface area contributed by atoms with E-state index in [0.29, 0.717) is 0 Å². The molecule has 2 N–H and O–H groups in total. The Morgan fingerprint density at radius 1 is 0.909 bits per heavy atom. The van der Waals surface area contributed by atoms with Crippen LogP contribution in [0.15, 0.2) is 0 Å². The van der Waals surface area contributed by atoms with Gasteiger partial charge in [0.25, 0.3) is 0 Å². The van der Waals surface area contributed by atoms with Crippen molar-refractivity contribution >= 4 is 0 Å². The van der Waals surface area contributed by atoms with Crippen molar-refractivity contribution in [3.63, 3.8) is 0 Å². The zero-order chi connectivity index (χ0) is 9.41. The van der Waals surface area contributed by atoms with Crippen molar-refractivity contribution in [3.8, 4) is 0 Å². The molecule has 71 valence electrons. The molecule has 0 aliphatic heterocycles. The van der Waals surface area contributed by atoms with Crippen LogP contribution >= 0.6 is 0 Å². The molecule has 0 heterocycles. The van der Waals surface area contributed by atoms with E-state index in [9.17, 15) is 0 Å². The summed E-state index contributed by atoms with van der Waals surface area (Å²) in [5.74, 6) is 0. The number of hydrogen-bond donors (Lipinski definition) is 1. The van der Waals surface area contributed by atoms with Crippen molar-refractivity contribution in [1.82, 2.24) is 0 Å². The molecule has 0 amide bonds. The van der Waals surface area contributed by atoms with Crippen molar-refractivity contribution in [2.24, 2.45) is 0 Å². The minimum absolute atomic E-state index is 0. The number of unbranched alkanes of at least 4 members (excludes halogenated alkanes) is 1. The van der Waals surface area contributed by atoms with Crippen LogP contribution in [0.3, 0.4) is 0 Å². The first-order valence-corrected chi connectivity index (χ1v) is 3.86. The van der Waals surface area contributed by atoms with Gasteiger partial charge in [-0.1, -0.05) is 40.5 Å². The molecule has 11 heavy (non-hydrogen) atoms. The molecule has 0 aliphatic carbocycles. The second kappa shape index (κ2) is 121. The zero-order valence-corrected chi connectivity index (χ0v) is 11.8. The summed E-state index contributed by atoms with van der Waals surface area (Å²) >= 11 is 0. The van der Waals surface area contributed by atoms with E-state index in [0.717, 1.165) is 7.11 Å². The minimum atomic E-state index is 0. The fourth-order valence-corrected chi connectivity index (χ4v) is 0. The maximum Gasteiger partial charge on any atom is 0.0319 e. The maximum atomic E-state index is 7.00. The predicted molar refractivity (Wildman–Crippen MR) is 50.3 cm³/mol. The molecule has 0 saturated carbocycles. The van der Waals surface area contributed by atoms with Gasteiger partial charge < -0.3 is 10.8 Å². The number of nitrogens with one attached hydrogen (secondary N) is 1. The van der Waals surface area contributed by atoms with Gasteiger partial charge in [0.2, 0.25) is 0 Å². The second-order valence-corrected chi connectivity index (χ2v) is 1.000. The molecule has 0 spiro atoms. The third kappa shape index (κ3) is 219. The smallest absolute Gasteiger partial charge is 0.0319 e. The Labute approximate surface area is 97.8 Å². The first-order chi connectivity index (χ1) is 4.91. The summed E-state index contributed by atoms with van der Waals surface area (Å²) in [5, 5.41) is 7.00. The molecule has 0 saturated heterocycles. The molecule has 0 bridgehead atoms. The molecule has 0 unspecified atom stereocenters. The predicted octanol–water partition coefficient (Wildman–Crippen LogP) is 3.11. The summed E-state index contributed by atoms with van der Waals surface area (Å²) < 4.78 is 0. The van der Waals surface area contributed by atoms with Gasteiger partial charge in [0.15, 0.2) is 0 Å². The van der Waals surface area contributed by atoms with Crippen LogP contribution in [0.4, 0.5) is 0 Å². The summed E-state index contributed by atoms with van der Waals surface area (Å²) in [4.78, 5) is 0. The number of aliphatic hydroxyl groups excluding tert-OH is 1. The topological polar surface area (TPSA) is 44.0 Å². The number of aliphatic hydroxyl groups is 1. The molecule has 0 fully saturated rings. The summed E-state index contributed by atoms with van der Waals surface area (Å²) in [5.41, 5.74) is 5.75. The van der Waals surface area contributed by atoms with E-state index in [1.54, 1.807) is 0 Å². The van der Waals surface area contributed by atoms with Gasteiger partial charge in [0.05, 0.1) is 0 Å². The molecular weight excluding hydrogens is 215 g/mol. The Bertz CT molecular complexity index is 16.1. The van der Waals surface area contributed by atoms with E-state index in [2.05, 4.69) is 13.8 Å². The quantitative estimate of drug-likeness (QED) is 0.750. The van der Waals surface area contributed by atoms with Gasteiger partial charge in [0.1, 0.15) is 0 Å². The first-order valence-electron chi connectivity index (χ1n) is 3.86. The van der Waals surface area contributed by atoms with Crippen molar-refractivity contribution in [1.29, 1.82) is 0 Å². The van der Waals surface area contributed by atoms with Crippen LogP contribution < -0.4 is 0 Å². The molecule has 0 rings (SSSR count). The summed E-state index contributed by atoms with van der Waals surface area (Å²) in [6, 6.07) is 0. The molecule has 0 aromatic heterocycles. The zero-order valence-electron chi connectivity index (χ0n) is 8.94. The van der Waals surface area contributed by atoms with Crippen molar-refractivity contribution in [3.05, 3.63) is 5.73 Å². The Balaban J connectivity index is -0.0000000152. The van der Waals surface area contributed by atoms with Crippen LogP contribution in [0.1, 0.15) is 40.5 Å². The third-order valence-corrected chi connectivity index (χ3v) is 0.500. The van der Waals surface area contributed by atoms with E-state index >= 15 is 0 Å². The maximum absolute atomic E-state index is 7.00. The molecule has 0 aromatic carbocycles. The van der Waals surface area contributed by atoms with E-state index < -0.39 is 0 Å². The number of rotatable bonds is 1. The van der Waals surface area contributed by atoms with E-state index in [1.165, 1.54) is 19.9 Å². The third-order valence-electron chi connectivity index (χ3n) is 0.500. The van der Waals surface area contributed by atoms with Crippen LogP contribution in [-0.4, -0.2) is 19.3 Å². The van der Waals surface area contributed by atoms with E-state index in [1.807, 2.05) is 13.8 Å². The Hall–Kier alpha value is 1.02. The summed E-state index contributed by atoms with van der Waals surface area (Å²) in [6.07, 6.45) is 2.64. The monoisotopic (exact) mass is 239 g/mol. The van der Waals surface area contributed by atoms with Gasteiger partial charge in [-0.3, -0.25) is 0 Å². The minimum Gasteiger partial charge on any atom is -0.680 e. The molecule has 0 atom stereocenters. The fraction of sp³-hybridized carbons (Fsp3) is 1.00. The van der Waals surface area contributed by atoms with Crippen LogP contribution in [0, 0.1) is 0 Å². The van der Waals surface area contributed by atoms with Crippen LogP contribution in [0.25, 0.3) is 5.73 Å². The van der Waals surface area contributed by atoms with Crippen molar-refractivity contribution < 1.29 is 37.8 Å². The Kier molecular flexibility index (Phi) is 326. The van der Waals surface area contributed by atoms with Gasteiger partial charge >= 0.3 is 0 Å². The normalized spacial score (nSPS) is 4.36. The fourth-order valence-electron chi connectivity index (χ4n) is 0. The van der Waals surface area contributed by atoms with E-state index in [-0.39, 0.29) is 32.7 Å². The summed E-state index contributed by atoms with van der Waals surface area (Å²) in [7, 11) is 2.25. The van der Waals surface area contributed by atoms with Gasteiger partial charge in [-0.25, -0.2) is 0 Å². The number of hydrogen-bond acceptors (Lipinski definition) is 1. The van der Waals surface area contributed by atoms with Crippen LogP contribution in [0.5, 0.6) is 0 Å². The Morgan fingerprint density at radius 2 is 1.00 bits per heavy atom. The van der Waals surface area contributed by atoms with Gasteiger partial charge in [0, 0.05) is 39.8 Å². The van der Waals surface area contributed by atoms with Gasteiger partial charge in [-0.15, -0.1) is 0 Å². The SMILES string of the molecule is CC.CCCC.CO.C[NH-].[Y]. The standard InChI is InChI=1S/C4H10.C2H6.CH4N.CH4O.Y/c1-3-4-2;3*1-2;/h3-4H2,1-2H3;1-2H3;2*2H,1H3;/q;;-1;;. The molecule has 0 aliphatic rings. The van der Waals surface area contributed by atoms with Gasteiger partial charge in [-0.2, -0.15) is 7.05 Å². The molecule has 3 heteroatoms. The molecule has 0 aromatic rings. The Morgan fingerprint density at radius 3 is 1.00 bits per heavy atom. The largest absolute Gasteiger partial charge is 0.680 e.